The molecule has 5 aliphatic heterocycles. The van der Waals surface area contributed by atoms with E-state index in [1.807, 2.05) is 18.2 Å². The van der Waals surface area contributed by atoms with Crippen molar-refractivity contribution in [1.29, 1.82) is 0 Å². The molecular formula is C46H47N5O5. The highest BCUT2D eigenvalue weighted by atomic mass is 16.3. The number of nitrogens with one attached hydrogen (secondary N) is 1. The minimum Gasteiger partial charge on any atom is -0.508 e. The number of fused-ring (bicyclic) bond motifs is 2. The van der Waals surface area contributed by atoms with Gasteiger partial charge in [-0.2, -0.15) is 0 Å². The average molecular weight is 750 g/mol. The molecule has 10 heteroatoms. The van der Waals surface area contributed by atoms with Crippen LogP contribution in [0, 0.1) is 11.3 Å². The molecule has 0 aromatic heterocycles. The van der Waals surface area contributed by atoms with Gasteiger partial charge in [0.15, 0.2) is 0 Å². The Balaban J connectivity index is 0.719. The van der Waals surface area contributed by atoms with Gasteiger partial charge in [-0.05, 0) is 109 Å². The molecule has 0 bridgehead atoms. The van der Waals surface area contributed by atoms with E-state index in [1.165, 1.54) is 40.8 Å². The Morgan fingerprint density at radius 2 is 1.41 bits per heavy atom. The largest absolute Gasteiger partial charge is 0.508 e. The van der Waals surface area contributed by atoms with Crippen molar-refractivity contribution in [2.24, 2.45) is 11.3 Å². The molecule has 4 aromatic rings. The first kappa shape index (κ1) is 35.0. The monoisotopic (exact) mass is 749 g/mol. The smallest absolute Gasteiger partial charge is 0.262 e. The van der Waals surface area contributed by atoms with Crippen LogP contribution in [0.15, 0.2) is 91.0 Å². The lowest BCUT2D eigenvalue weighted by atomic mass is 9.69. The number of benzene rings is 4. The Morgan fingerprint density at radius 1 is 0.679 bits per heavy atom. The molecule has 1 aliphatic carbocycles. The SMILES string of the molecule is O=C1CCC(N2C(=O)c3ccc(N4CC5(CN(CC6CCN(c7ccc([C@@H]8c9ccc(O)cc9CC[C@@H]8c8ccccc8)cc7)CC6)C5)C4)cc3C2=O)C(=O)N1. The van der Waals surface area contributed by atoms with E-state index >= 15 is 0 Å². The first-order chi connectivity index (χ1) is 27.2. The molecule has 4 fully saturated rings. The molecule has 4 aromatic carbocycles. The third-order valence-electron chi connectivity index (χ3n) is 13.5. The highest BCUT2D eigenvalue weighted by Gasteiger charge is 2.52. The number of hydrogen-bond acceptors (Lipinski definition) is 8. The zero-order chi connectivity index (χ0) is 38.1. The van der Waals surface area contributed by atoms with Gasteiger partial charge < -0.3 is 19.8 Å². The van der Waals surface area contributed by atoms with Gasteiger partial charge in [-0.1, -0.05) is 48.5 Å². The number of rotatable bonds is 7. The second-order valence-electron chi connectivity index (χ2n) is 17.1. The van der Waals surface area contributed by atoms with Gasteiger partial charge in [-0.25, -0.2) is 0 Å². The number of anilines is 2. The molecule has 10 rings (SSSR count). The molecule has 1 unspecified atom stereocenters. The average Bonchev–Trinajstić information content (AvgIpc) is 3.43. The Labute approximate surface area is 327 Å². The van der Waals surface area contributed by atoms with E-state index in [1.54, 1.807) is 12.1 Å². The van der Waals surface area contributed by atoms with Crippen LogP contribution in [0.5, 0.6) is 5.75 Å². The van der Waals surface area contributed by atoms with Gasteiger partial charge >= 0.3 is 0 Å². The number of nitrogens with zero attached hydrogens (tertiary/aromatic N) is 4. The molecule has 3 atom stereocenters. The maximum atomic E-state index is 13.3. The van der Waals surface area contributed by atoms with Crippen LogP contribution in [0.1, 0.15) is 86.9 Å². The Bertz CT molecular complexity index is 2220. The number of aromatic hydroxyl groups is 1. The predicted molar refractivity (Wildman–Crippen MR) is 213 cm³/mol. The molecule has 10 nitrogen and oxygen atoms in total. The summed E-state index contributed by atoms with van der Waals surface area (Å²) in [5.41, 5.74) is 8.46. The fourth-order valence-corrected chi connectivity index (χ4v) is 10.7. The van der Waals surface area contributed by atoms with Crippen LogP contribution >= 0.6 is 0 Å². The van der Waals surface area contributed by atoms with Crippen LogP contribution in [-0.4, -0.2) is 90.4 Å². The first-order valence-electron chi connectivity index (χ1n) is 20.3. The zero-order valence-electron chi connectivity index (χ0n) is 31.5. The van der Waals surface area contributed by atoms with E-state index in [4.69, 9.17) is 0 Å². The van der Waals surface area contributed by atoms with E-state index in [-0.39, 0.29) is 30.1 Å². The van der Waals surface area contributed by atoms with Gasteiger partial charge in [0.2, 0.25) is 11.8 Å². The molecule has 0 saturated carbocycles. The number of aryl methyl sites for hydroxylation is 1. The number of phenolic OH excluding ortho intramolecular Hbond substituents is 1. The second-order valence-corrected chi connectivity index (χ2v) is 17.1. The molecule has 1 spiro atoms. The summed E-state index contributed by atoms with van der Waals surface area (Å²) in [5, 5.41) is 12.5. The second kappa shape index (κ2) is 13.6. The molecular weight excluding hydrogens is 703 g/mol. The number of hydrogen-bond donors (Lipinski definition) is 2. The number of likely N-dealkylation sites (tertiary alicyclic amines) is 1. The highest BCUT2D eigenvalue weighted by Crippen LogP contribution is 2.48. The predicted octanol–water partition coefficient (Wildman–Crippen LogP) is 5.69. The maximum absolute atomic E-state index is 13.3. The van der Waals surface area contributed by atoms with Crippen LogP contribution in [0.25, 0.3) is 0 Å². The van der Waals surface area contributed by atoms with Gasteiger partial charge in [-0.3, -0.25) is 29.4 Å². The van der Waals surface area contributed by atoms with E-state index in [0.29, 0.717) is 28.7 Å². The van der Waals surface area contributed by atoms with Crippen molar-refractivity contribution in [3.8, 4) is 5.75 Å². The van der Waals surface area contributed by atoms with Crippen molar-refractivity contribution in [1.82, 2.24) is 15.1 Å². The normalized spacial score (nSPS) is 24.8. The summed E-state index contributed by atoms with van der Waals surface area (Å²) in [6, 6.07) is 30.6. The molecule has 2 N–H and O–H groups in total. The summed E-state index contributed by atoms with van der Waals surface area (Å²) in [7, 11) is 0. The fraction of sp³-hybridized carbons (Fsp3) is 0.391. The van der Waals surface area contributed by atoms with E-state index in [0.717, 1.165) is 69.2 Å². The minimum absolute atomic E-state index is 0.109. The van der Waals surface area contributed by atoms with Crippen LogP contribution < -0.4 is 15.1 Å². The maximum Gasteiger partial charge on any atom is 0.262 e. The number of amides is 4. The standard InChI is InChI=1S/C46H47N5O5/c52-35-12-15-37-32(22-35)8-13-36(30-4-2-1-3-5-30)42(37)31-6-9-33(10-7-31)49-20-18-29(19-21-49)24-48-25-46(26-48)27-50(28-46)34-11-14-38-39(23-34)45(56)51(44(38)55)40-16-17-41(53)47-43(40)54/h1-7,9-12,14-15,22-23,29,36,40,42,52H,8,13,16-21,24-28H2,(H,47,53,54)/t36-,40?,42+/m1/s1. The lowest BCUT2D eigenvalue weighted by Crippen LogP contribution is -2.72. The van der Waals surface area contributed by atoms with Gasteiger partial charge in [-0.15, -0.1) is 0 Å². The van der Waals surface area contributed by atoms with Gasteiger partial charge in [0.25, 0.3) is 11.8 Å². The van der Waals surface area contributed by atoms with Crippen molar-refractivity contribution in [2.75, 3.05) is 55.6 Å². The van der Waals surface area contributed by atoms with Crippen LogP contribution in [0.2, 0.25) is 0 Å². The van der Waals surface area contributed by atoms with Crippen molar-refractivity contribution in [3.63, 3.8) is 0 Å². The van der Waals surface area contributed by atoms with Crippen molar-refractivity contribution >= 4 is 35.0 Å². The summed E-state index contributed by atoms with van der Waals surface area (Å²) in [5.74, 6) is -0.205. The van der Waals surface area contributed by atoms with Crippen molar-refractivity contribution in [3.05, 3.63) is 124 Å². The number of imide groups is 2. The van der Waals surface area contributed by atoms with Crippen molar-refractivity contribution in [2.45, 2.75) is 56.4 Å². The third kappa shape index (κ3) is 6.05. The number of carbonyl (C=O) groups is 4. The molecule has 4 saturated heterocycles. The number of piperidine rings is 2. The highest BCUT2D eigenvalue weighted by molar-refractivity contribution is 6.23. The molecule has 6 aliphatic rings. The summed E-state index contributed by atoms with van der Waals surface area (Å²) in [4.78, 5) is 59.0. The van der Waals surface area contributed by atoms with E-state index in [2.05, 4.69) is 80.7 Å². The lowest BCUT2D eigenvalue weighted by molar-refractivity contribution is -0.136. The fourth-order valence-electron chi connectivity index (χ4n) is 10.7. The zero-order valence-corrected chi connectivity index (χ0v) is 31.5. The Hall–Kier alpha value is -5.48. The van der Waals surface area contributed by atoms with Crippen molar-refractivity contribution < 1.29 is 24.3 Å². The topological polar surface area (TPSA) is 114 Å². The molecule has 286 valence electrons. The first-order valence-corrected chi connectivity index (χ1v) is 20.3. The Morgan fingerprint density at radius 3 is 2.16 bits per heavy atom. The van der Waals surface area contributed by atoms with E-state index in [9.17, 15) is 24.3 Å². The summed E-state index contributed by atoms with van der Waals surface area (Å²) in [6.07, 6.45) is 4.67. The van der Waals surface area contributed by atoms with Gasteiger partial charge in [0, 0.05) is 74.9 Å². The van der Waals surface area contributed by atoms with Crippen LogP contribution in [0.3, 0.4) is 0 Å². The van der Waals surface area contributed by atoms with Crippen LogP contribution in [0.4, 0.5) is 11.4 Å². The minimum atomic E-state index is -0.951. The van der Waals surface area contributed by atoms with E-state index < -0.39 is 23.8 Å². The number of carbonyl (C=O) groups excluding carboxylic acids is 4. The summed E-state index contributed by atoms with van der Waals surface area (Å²) < 4.78 is 0. The molecule has 56 heavy (non-hydrogen) atoms. The molecule has 5 heterocycles. The molecule has 4 amide bonds. The lowest BCUT2D eigenvalue weighted by Gasteiger charge is -2.61. The van der Waals surface area contributed by atoms with Crippen LogP contribution in [-0.2, 0) is 16.0 Å². The quantitative estimate of drug-likeness (QED) is 0.232. The summed E-state index contributed by atoms with van der Waals surface area (Å²) >= 11 is 0. The third-order valence-corrected chi connectivity index (χ3v) is 13.5. The van der Waals surface area contributed by atoms with Gasteiger partial charge in [0.1, 0.15) is 11.8 Å². The summed E-state index contributed by atoms with van der Waals surface area (Å²) in [6.45, 7) is 7.30. The molecule has 0 radical (unpaired) electrons. The Kier molecular flexibility index (Phi) is 8.50. The number of phenols is 1. The van der Waals surface area contributed by atoms with Gasteiger partial charge in [0.05, 0.1) is 11.1 Å².